The molecule has 0 fully saturated rings. The number of nitro groups is 1. The Morgan fingerprint density at radius 3 is 2.61 bits per heavy atom. The quantitative estimate of drug-likeness (QED) is 0.563. The fourth-order valence-electron chi connectivity index (χ4n) is 2.34. The van der Waals surface area contributed by atoms with Gasteiger partial charge in [-0.2, -0.15) is 0 Å². The predicted molar refractivity (Wildman–Crippen MR) is 85.1 cm³/mol. The van der Waals surface area contributed by atoms with Gasteiger partial charge in [0.25, 0.3) is 5.69 Å². The third-order valence-electron chi connectivity index (χ3n) is 3.36. The van der Waals surface area contributed by atoms with Crippen LogP contribution in [0.25, 0.3) is 10.9 Å². The Bertz CT molecular complexity index is 887. The maximum Gasteiger partial charge on any atom is 0.338 e. The monoisotopic (exact) mass is 309 g/mol. The van der Waals surface area contributed by atoms with E-state index in [9.17, 15) is 20.0 Å². The molecular weight excluding hydrogens is 298 g/mol. The Hall–Kier alpha value is -3.48. The molecule has 114 valence electrons. The third kappa shape index (κ3) is 2.67. The lowest BCUT2D eigenvalue weighted by Gasteiger charge is -2.11. The molecule has 3 rings (SSSR count). The number of anilines is 2. The van der Waals surface area contributed by atoms with Crippen molar-refractivity contribution >= 4 is 33.9 Å². The second kappa shape index (κ2) is 5.72. The molecule has 0 aliphatic rings. The number of carboxylic acids is 1. The molecule has 0 unspecified atom stereocenters. The van der Waals surface area contributed by atoms with E-state index in [2.05, 4.69) is 10.3 Å². The lowest BCUT2D eigenvalue weighted by atomic mass is 10.1. The van der Waals surface area contributed by atoms with Crippen LogP contribution < -0.4 is 5.32 Å². The van der Waals surface area contributed by atoms with Crippen LogP contribution >= 0.6 is 0 Å². The summed E-state index contributed by atoms with van der Waals surface area (Å²) in [5.74, 6) is -1.25. The summed E-state index contributed by atoms with van der Waals surface area (Å²) >= 11 is 0. The van der Waals surface area contributed by atoms with Crippen molar-refractivity contribution in [1.29, 1.82) is 0 Å². The lowest BCUT2D eigenvalue weighted by Crippen LogP contribution is -2.06. The summed E-state index contributed by atoms with van der Waals surface area (Å²) in [5.41, 5.74) is 0.553. The zero-order valence-electron chi connectivity index (χ0n) is 11.8. The van der Waals surface area contributed by atoms with Gasteiger partial charge < -0.3 is 10.4 Å². The van der Waals surface area contributed by atoms with Gasteiger partial charge in [-0.25, -0.2) is 4.79 Å². The molecule has 0 amide bonds. The maximum atomic E-state index is 11.4. The SMILES string of the molecule is O=C(O)c1cccc([N+](=O)[O-])c1Nc1cccc2cccnc12. The molecule has 2 aromatic carbocycles. The van der Waals surface area contributed by atoms with Crippen LogP contribution in [0.5, 0.6) is 0 Å². The van der Waals surface area contributed by atoms with Crippen LogP contribution in [0.1, 0.15) is 10.4 Å². The molecule has 0 saturated heterocycles. The van der Waals surface area contributed by atoms with Gasteiger partial charge in [0.05, 0.1) is 21.7 Å². The van der Waals surface area contributed by atoms with Gasteiger partial charge in [0.15, 0.2) is 0 Å². The minimum atomic E-state index is -1.25. The third-order valence-corrected chi connectivity index (χ3v) is 3.36. The average Bonchev–Trinajstić information content (AvgIpc) is 2.55. The smallest absolute Gasteiger partial charge is 0.338 e. The Morgan fingerprint density at radius 2 is 1.87 bits per heavy atom. The van der Waals surface area contributed by atoms with E-state index < -0.39 is 10.9 Å². The van der Waals surface area contributed by atoms with Crippen molar-refractivity contribution in [3.05, 3.63) is 70.4 Å². The van der Waals surface area contributed by atoms with Crippen LogP contribution in [0.3, 0.4) is 0 Å². The first-order chi connectivity index (χ1) is 11.1. The van der Waals surface area contributed by atoms with E-state index in [0.29, 0.717) is 11.2 Å². The molecular formula is C16H11N3O4. The van der Waals surface area contributed by atoms with Gasteiger partial charge in [-0.1, -0.05) is 24.3 Å². The fourth-order valence-corrected chi connectivity index (χ4v) is 2.34. The number of aromatic nitrogens is 1. The normalized spacial score (nSPS) is 10.4. The van der Waals surface area contributed by atoms with Gasteiger partial charge in [-0.05, 0) is 18.2 Å². The van der Waals surface area contributed by atoms with Crippen LogP contribution in [0.2, 0.25) is 0 Å². The molecule has 2 N–H and O–H groups in total. The number of rotatable bonds is 4. The summed E-state index contributed by atoms with van der Waals surface area (Å²) < 4.78 is 0. The molecule has 0 bridgehead atoms. The van der Waals surface area contributed by atoms with Crippen molar-refractivity contribution in [2.45, 2.75) is 0 Å². The number of aromatic carboxylic acids is 1. The molecule has 7 nitrogen and oxygen atoms in total. The summed E-state index contributed by atoms with van der Waals surface area (Å²) in [6, 6.07) is 12.9. The highest BCUT2D eigenvalue weighted by molar-refractivity contribution is 6.00. The van der Waals surface area contributed by atoms with Crippen molar-refractivity contribution in [3.8, 4) is 0 Å². The molecule has 1 heterocycles. The van der Waals surface area contributed by atoms with E-state index >= 15 is 0 Å². The first kappa shape index (κ1) is 14.5. The number of hydrogen-bond acceptors (Lipinski definition) is 5. The molecule has 7 heteroatoms. The van der Waals surface area contributed by atoms with Crippen molar-refractivity contribution < 1.29 is 14.8 Å². The molecule has 0 saturated carbocycles. The van der Waals surface area contributed by atoms with Crippen molar-refractivity contribution in [1.82, 2.24) is 4.98 Å². The number of carboxylic acid groups (broad SMARTS) is 1. The van der Waals surface area contributed by atoms with Gasteiger partial charge in [-0.3, -0.25) is 15.1 Å². The van der Waals surface area contributed by atoms with Crippen LogP contribution in [-0.2, 0) is 0 Å². The standard InChI is InChI=1S/C16H11N3O4/c20-16(21)11-6-2-8-13(19(22)23)15(11)18-12-7-1-4-10-5-3-9-17-14(10)12/h1-9,18H,(H,20,21). The highest BCUT2D eigenvalue weighted by Gasteiger charge is 2.22. The topological polar surface area (TPSA) is 105 Å². The number of nitrogens with zero attached hydrogens (tertiary/aromatic N) is 2. The Balaban J connectivity index is 2.19. The summed E-state index contributed by atoms with van der Waals surface area (Å²) in [6.07, 6.45) is 1.60. The minimum Gasteiger partial charge on any atom is -0.478 e. The van der Waals surface area contributed by atoms with Gasteiger partial charge in [0.2, 0.25) is 0 Å². The van der Waals surface area contributed by atoms with E-state index in [1.54, 1.807) is 24.4 Å². The molecule has 3 aromatic rings. The average molecular weight is 309 g/mol. The van der Waals surface area contributed by atoms with Crippen LogP contribution in [0.15, 0.2) is 54.7 Å². The molecule has 0 aliphatic heterocycles. The zero-order valence-corrected chi connectivity index (χ0v) is 11.8. The fraction of sp³-hybridized carbons (Fsp3) is 0. The summed E-state index contributed by atoms with van der Waals surface area (Å²) in [7, 11) is 0. The van der Waals surface area contributed by atoms with E-state index in [1.165, 1.54) is 18.2 Å². The largest absolute Gasteiger partial charge is 0.478 e. The lowest BCUT2D eigenvalue weighted by molar-refractivity contribution is -0.383. The van der Waals surface area contributed by atoms with Gasteiger partial charge >= 0.3 is 5.97 Å². The van der Waals surface area contributed by atoms with Crippen LogP contribution in [0.4, 0.5) is 17.1 Å². The number of carbonyl (C=O) groups is 1. The number of para-hydroxylation sites is 2. The number of pyridine rings is 1. The van der Waals surface area contributed by atoms with Gasteiger partial charge in [0.1, 0.15) is 5.69 Å². The first-order valence-electron chi connectivity index (χ1n) is 6.69. The molecule has 0 atom stereocenters. The van der Waals surface area contributed by atoms with E-state index in [-0.39, 0.29) is 16.9 Å². The second-order valence-electron chi connectivity index (χ2n) is 4.77. The molecule has 0 radical (unpaired) electrons. The maximum absolute atomic E-state index is 11.4. The summed E-state index contributed by atoms with van der Waals surface area (Å²) in [5, 5.41) is 24.2. The van der Waals surface area contributed by atoms with Crippen molar-refractivity contribution in [2.24, 2.45) is 0 Å². The molecule has 0 spiro atoms. The number of nitro benzene ring substituents is 1. The number of fused-ring (bicyclic) bond motifs is 1. The molecule has 1 aromatic heterocycles. The van der Waals surface area contributed by atoms with Crippen molar-refractivity contribution in [3.63, 3.8) is 0 Å². The van der Waals surface area contributed by atoms with Crippen LogP contribution in [0, 0.1) is 10.1 Å². The minimum absolute atomic E-state index is 0.0665. The summed E-state index contributed by atoms with van der Waals surface area (Å²) in [4.78, 5) is 26.2. The molecule has 23 heavy (non-hydrogen) atoms. The van der Waals surface area contributed by atoms with Crippen LogP contribution in [-0.4, -0.2) is 21.0 Å². The van der Waals surface area contributed by atoms with Gasteiger partial charge in [-0.15, -0.1) is 0 Å². The predicted octanol–water partition coefficient (Wildman–Crippen LogP) is 3.58. The molecule has 0 aliphatic carbocycles. The number of benzene rings is 2. The first-order valence-corrected chi connectivity index (χ1v) is 6.69. The highest BCUT2D eigenvalue weighted by Crippen LogP contribution is 2.33. The Kier molecular flexibility index (Phi) is 3.60. The number of hydrogen-bond donors (Lipinski definition) is 2. The zero-order chi connectivity index (χ0) is 16.4. The summed E-state index contributed by atoms with van der Waals surface area (Å²) in [6.45, 7) is 0. The Labute approximate surface area is 130 Å². The second-order valence-corrected chi connectivity index (χ2v) is 4.77. The highest BCUT2D eigenvalue weighted by atomic mass is 16.6. The van der Waals surface area contributed by atoms with E-state index in [1.807, 2.05) is 12.1 Å². The van der Waals surface area contributed by atoms with Crippen molar-refractivity contribution in [2.75, 3.05) is 5.32 Å². The Morgan fingerprint density at radius 1 is 1.13 bits per heavy atom. The van der Waals surface area contributed by atoms with E-state index in [4.69, 9.17) is 0 Å². The van der Waals surface area contributed by atoms with Gasteiger partial charge in [0, 0.05) is 17.6 Å². The number of nitrogens with one attached hydrogen (secondary N) is 1. The van der Waals surface area contributed by atoms with E-state index in [0.717, 1.165) is 5.39 Å².